The van der Waals surface area contributed by atoms with Crippen molar-refractivity contribution >= 4 is 18.9 Å². The molecular weight excluding hydrogens is 269 g/mol. The van der Waals surface area contributed by atoms with Crippen molar-refractivity contribution in [2.24, 2.45) is 0 Å². The maximum absolute atomic E-state index is 6.18. The van der Waals surface area contributed by atoms with Gasteiger partial charge in [0, 0.05) is 11.7 Å². The molecule has 3 aliphatic rings. The average Bonchev–Trinajstić information content (AvgIpc) is 3.02. The van der Waals surface area contributed by atoms with Crippen LogP contribution >= 0.6 is 11.8 Å². The van der Waals surface area contributed by atoms with Crippen LogP contribution in [0.25, 0.3) is 0 Å². The molecule has 2 fully saturated rings. The summed E-state index contributed by atoms with van der Waals surface area (Å²) in [5, 5.41) is 0.425. The molecule has 2 saturated heterocycles. The predicted molar refractivity (Wildman–Crippen MR) is 85.8 cm³/mol. The minimum Gasteiger partial charge on any atom is -0.402 e. The molecule has 0 aromatic heterocycles. The Kier molecular flexibility index (Phi) is 4.00. The van der Waals surface area contributed by atoms with Gasteiger partial charge in [-0.3, -0.25) is 4.90 Å². The van der Waals surface area contributed by atoms with E-state index in [1.54, 1.807) is 0 Å². The van der Waals surface area contributed by atoms with Gasteiger partial charge in [0.05, 0.1) is 11.2 Å². The molecule has 3 nitrogen and oxygen atoms in total. The van der Waals surface area contributed by atoms with Crippen molar-refractivity contribution in [2.75, 3.05) is 19.6 Å². The van der Waals surface area contributed by atoms with Crippen molar-refractivity contribution in [1.82, 2.24) is 4.90 Å². The lowest BCUT2D eigenvalue weighted by atomic mass is 9.82. The van der Waals surface area contributed by atoms with Gasteiger partial charge in [-0.2, -0.15) is 0 Å². The summed E-state index contributed by atoms with van der Waals surface area (Å²) in [5.74, 6) is 0. The number of allylic oxidation sites excluding steroid dienone is 1. The molecule has 0 bridgehead atoms. The molecular formula is C15H26BNO2S. The lowest BCUT2D eigenvalue weighted by Gasteiger charge is -2.32. The van der Waals surface area contributed by atoms with Crippen LogP contribution in [-0.4, -0.2) is 48.0 Å². The normalized spacial score (nSPS) is 32.9. The summed E-state index contributed by atoms with van der Waals surface area (Å²) in [6, 6.07) is 0. The van der Waals surface area contributed by atoms with Crippen LogP contribution in [-0.2, 0) is 9.31 Å². The van der Waals surface area contributed by atoms with E-state index < -0.39 is 0 Å². The summed E-state index contributed by atoms with van der Waals surface area (Å²) in [6.45, 7) is 12.2. The van der Waals surface area contributed by atoms with Gasteiger partial charge in [0.2, 0.25) is 0 Å². The molecule has 20 heavy (non-hydrogen) atoms. The summed E-state index contributed by atoms with van der Waals surface area (Å²) in [4.78, 5) is 4.07. The highest BCUT2D eigenvalue weighted by atomic mass is 32.2. The van der Waals surface area contributed by atoms with E-state index in [4.69, 9.17) is 9.31 Å². The van der Waals surface area contributed by atoms with E-state index in [9.17, 15) is 0 Å². The quantitative estimate of drug-likeness (QED) is 0.746. The Morgan fingerprint density at radius 3 is 2.40 bits per heavy atom. The van der Waals surface area contributed by atoms with Crippen LogP contribution in [0.5, 0.6) is 0 Å². The topological polar surface area (TPSA) is 21.7 Å². The second-order valence-corrected chi connectivity index (χ2v) is 8.54. The number of hydrogen-bond donors (Lipinski definition) is 0. The van der Waals surface area contributed by atoms with Crippen molar-refractivity contribution in [3.05, 3.63) is 11.0 Å². The van der Waals surface area contributed by atoms with Gasteiger partial charge in [0.25, 0.3) is 0 Å². The van der Waals surface area contributed by atoms with Gasteiger partial charge in [0.1, 0.15) is 0 Å². The zero-order valence-electron chi connectivity index (χ0n) is 13.1. The molecule has 5 heteroatoms. The van der Waals surface area contributed by atoms with Crippen molar-refractivity contribution in [1.29, 1.82) is 0 Å². The van der Waals surface area contributed by atoms with Gasteiger partial charge < -0.3 is 9.31 Å². The van der Waals surface area contributed by atoms with Crippen molar-refractivity contribution < 1.29 is 9.31 Å². The summed E-state index contributed by atoms with van der Waals surface area (Å²) in [5.41, 5.74) is -0.425. The average molecular weight is 295 g/mol. The molecule has 3 rings (SSSR count). The van der Waals surface area contributed by atoms with Crippen molar-refractivity contribution in [2.45, 2.75) is 63.3 Å². The molecule has 1 unspecified atom stereocenters. The van der Waals surface area contributed by atoms with Crippen LogP contribution in [0.2, 0.25) is 0 Å². The van der Waals surface area contributed by atoms with Gasteiger partial charge in [0.15, 0.2) is 0 Å². The smallest absolute Gasteiger partial charge is 0.402 e. The summed E-state index contributed by atoms with van der Waals surface area (Å²) >= 11 is 1.97. The lowest BCUT2D eigenvalue weighted by molar-refractivity contribution is 0.00578. The van der Waals surface area contributed by atoms with Gasteiger partial charge >= 0.3 is 7.12 Å². The molecule has 3 aliphatic heterocycles. The van der Waals surface area contributed by atoms with Crippen LogP contribution in [0, 0.1) is 0 Å². The minimum atomic E-state index is -0.212. The number of thioether (sulfide) groups is 1. The molecule has 0 aromatic rings. The molecule has 0 aromatic carbocycles. The van der Waals surface area contributed by atoms with E-state index in [0.29, 0.717) is 5.15 Å². The fourth-order valence-corrected chi connectivity index (χ4v) is 4.26. The molecule has 0 amide bonds. The highest BCUT2D eigenvalue weighted by Gasteiger charge is 2.54. The summed E-state index contributed by atoms with van der Waals surface area (Å²) < 4.78 is 12.4. The van der Waals surface area contributed by atoms with Crippen LogP contribution in [0.4, 0.5) is 0 Å². The third-order valence-electron chi connectivity index (χ3n) is 5.03. The zero-order valence-corrected chi connectivity index (χ0v) is 14.0. The Labute approximate surface area is 127 Å². The highest BCUT2D eigenvalue weighted by Crippen LogP contribution is 2.43. The fourth-order valence-electron chi connectivity index (χ4n) is 3.01. The second-order valence-electron chi connectivity index (χ2n) is 7.17. The largest absolute Gasteiger partial charge is 0.472 e. The molecule has 0 spiro atoms. The van der Waals surface area contributed by atoms with Gasteiger partial charge in [-0.1, -0.05) is 6.08 Å². The van der Waals surface area contributed by atoms with E-state index >= 15 is 0 Å². The molecule has 0 radical (unpaired) electrons. The Morgan fingerprint density at radius 2 is 1.80 bits per heavy atom. The van der Waals surface area contributed by atoms with Crippen LogP contribution in [0.3, 0.4) is 0 Å². The number of rotatable bonds is 3. The Hall–Kier alpha value is 0.0349. The third kappa shape index (κ3) is 2.83. The summed E-state index contributed by atoms with van der Waals surface area (Å²) in [7, 11) is -0.0719. The predicted octanol–water partition coefficient (Wildman–Crippen LogP) is 3.10. The lowest BCUT2D eigenvalue weighted by Crippen LogP contribution is -2.41. The first-order valence-electron chi connectivity index (χ1n) is 7.81. The van der Waals surface area contributed by atoms with Gasteiger partial charge in [-0.05, 0) is 65.0 Å². The van der Waals surface area contributed by atoms with E-state index in [0.717, 1.165) is 13.0 Å². The maximum atomic E-state index is 6.18. The molecule has 0 N–H and O–H groups in total. The Balaban J connectivity index is 1.54. The first-order valence-corrected chi connectivity index (χ1v) is 8.69. The first-order chi connectivity index (χ1) is 9.37. The van der Waals surface area contributed by atoms with E-state index in [-0.39, 0.29) is 18.3 Å². The van der Waals surface area contributed by atoms with E-state index in [1.165, 1.54) is 30.8 Å². The van der Waals surface area contributed by atoms with Crippen LogP contribution in [0.1, 0.15) is 47.0 Å². The van der Waals surface area contributed by atoms with E-state index in [1.807, 2.05) is 11.8 Å². The molecule has 112 valence electrons. The number of hydrogen-bond acceptors (Lipinski definition) is 4. The standard InChI is InChI=1S/C15H26BNO2S/c1-14(2)15(3,4)19-16(18-14)13-8-7-12(20-13)11-17-9-5-6-10-17/h7,13H,5-6,8-11H2,1-4H3. The monoisotopic (exact) mass is 295 g/mol. The maximum Gasteiger partial charge on any atom is 0.472 e. The van der Waals surface area contributed by atoms with Gasteiger partial charge in [-0.15, -0.1) is 11.8 Å². The second kappa shape index (κ2) is 5.34. The SMILES string of the molecule is CC1(C)OB(C2CC=C(CN3CCCC3)S2)OC1(C)C. The Bertz CT molecular complexity index is 389. The van der Waals surface area contributed by atoms with E-state index in [2.05, 4.69) is 38.7 Å². The zero-order chi connectivity index (χ0) is 14.4. The van der Waals surface area contributed by atoms with Gasteiger partial charge in [-0.25, -0.2) is 0 Å². The van der Waals surface area contributed by atoms with Crippen LogP contribution < -0.4 is 0 Å². The fraction of sp³-hybridized carbons (Fsp3) is 0.867. The molecule has 1 atom stereocenters. The third-order valence-corrected chi connectivity index (χ3v) is 6.35. The number of nitrogens with zero attached hydrogens (tertiary/aromatic N) is 1. The molecule has 0 aliphatic carbocycles. The molecule has 3 heterocycles. The molecule has 0 saturated carbocycles. The van der Waals surface area contributed by atoms with Crippen molar-refractivity contribution in [3.8, 4) is 0 Å². The minimum absolute atomic E-state index is 0.0719. The van der Waals surface area contributed by atoms with Crippen molar-refractivity contribution in [3.63, 3.8) is 0 Å². The van der Waals surface area contributed by atoms with Crippen LogP contribution in [0.15, 0.2) is 11.0 Å². The Morgan fingerprint density at radius 1 is 1.20 bits per heavy atom. The number of likely N-dealkylation sites (tertiary alicyclic amines) is 1. The highest BCUT2D eigenvalue weighted by molar-refractivity contribution is 8.05. The first kappa shape index (κ1) is 15.0. The summed E-state index contributed by atoms with van der Waals surface area (Å²) in [6.07, 6.45) is 6.18.